The molecule has 148 valence electrons. The van der Waals surface area contributed by atoms with E-state index in [0.717, 1.165) is 36.3 Å². The van der Waals surface area contributed by atoms with Crippen LogP contribution in [0.1, 0.15) is 51.6 Å². The number of nitrogens with zero attached hydrogens (tertiary/aromatic N) is 3. The number of likely N-dealkylation sites (tertiary alicyclic amines) is 1. The van der Waals surface area contributed by atoms with Gasteiger partial charge in [-0.05, 0) is 61.2 Å². The molecule has 1 fully saturated rings. The zero-order valence-electron chi connectivity index (χ0n) is 16.5. The average Bonchev–Trinajstić information content (AvgIpc) is 2.75. The standard InChI is InChI=1S/C24H24FN3O/c1-17-12-18(13-19-6-2-3-9-22(19)25)14-23(27-17)21-8-5-11-28(16-21)24(29)20-7-4-10-26-15-20/h2-4,6-7,9-10,12,14-15,21H,5,8,11,13,16H2,1H3/t21-/m0/s1. The Labute approximate surface area is 170 Å². The van der Waals surface area contributed by atoms with Crippen molar-refractivity contribution in [3.8, 4) is 0 Å². The van der Waals surface area contributed by atoms with Crippen LogP contribution >= 0.6 is 0 Å². The van der Waals surface area contributed by atoms with Crippen LogP contribution in [0.25, 0.3) is 0 Å². The van der Waals surface area contributed by atoms with Crippen LogP contribution in [0.4, 0.5) is 4.39 Å². The maximum Gasteiger partial charge on any atom is 0.255 e. The first-order valence-electron chi connectivity index (χ1n) is 10.0. The summed E-state index contributed by atoms with van der Waals surface area (Å²) in [6, 6.07) is 14.5. The minimum atomic E-state index is -0.186. The minimum Gasteiger partial charge on any atom is -0.338 e. The highest BCUT2D eigenvalue weighted by molar-refractivity contribution is 5.94. The van der Waals surface area contributed by atoms with Gasteiger partial charge in [-0.15, -0.1) is 0 Å². The summed E-state index contributed by atoms with van der Waals surface area (Å²) in [6.45, 7) is 3.36. The first-order valence-corrected chi connectivity index (χ1v) is 10.0. The Morgan fingerprint density at radius 2 is 2.07 bits per heavy atom. The Bertz CT molecular complexity index is 1010. The Kier molecular flexibility index (Phi) is 5.65. The fourth-order valence-corrected chi connectivity index (χ4v) is 4.02. The molecule has 0 bridgehead atoms. The van der Waals surface area contributed by atoms with Crippen molar-refractivity contribution >= 4 is 5.91 Å². The van der Waals surface area contributed by atoms with Gasteiger partial charge in [0.25, 0.3) is 5.91 Å². The van der Waals surface area contributed by atoms with Gasteiger partial charge in [0, 0.05) is 49.2 Å². The lowest BCUT2D eigenvalue weighted by Crippen LogP contribution is -2.39. The zero-order valence-corrected chi connectivity index (χ0v) is 16.5. The van der Waals surface area contributed by atoms with Crippen LogP contribution in [0.3, 0.4) is 0 Å². The largest absolute Gasteiger partial charge is 0.338 e. The number of aromatic nitrogens is 2. The molecule has 3 aromatic rings. The second-order valence-corrected chi connectivity index (χ2v) is 7.64. The number of rotatable bonds is 4. The number of benzene rings is 1. The lowest BCUT2D eigenvalue weighted by atomic mass is 9.92. The molecule has 4 nitrogen and oxygen atoms in total. The van der Waals surface area contributed by atoms with Crippen LogP contribution in [0.15, 0.2) is 60.9 Å². The zero-order chi connectivity index (χ0) is 20.2. The third kappa shape index (κ3) is 4.50. The van der Waals surface area contributed by atoms with Gasteiger partial charge in [-0.2, -0.15) is 0 Å². The SMILES string of the molecule is Cc1cc(Cc2ccccc2F)cc([C@H]2CCCN(C(=O)c3cccnc3)C2)n1. The molecule has 1 aliphatic rings. The summed E-state index contributed by atoms with van der Waals surface area (Å²) in [4.78, 5) is 23.5. The van der Waals surface area contributed by atoms with Crippen LogP contribution in [-0.4, -0.2) is 33.9 Å². The van der Waals surface area contributed by atoms with Crippen LogP contribution in [0, 0.1) is 12.7 Å². The fourth-order valence-electron chi connectivity index (χ4n) is 4.02. The summed E-state index contributed by atoms with van der Waals surface area (Å²) in [5, 5.41) is 0. The quantitative estimate of drug-likeness (QED) is 0.658. The van der Waals surface area contributed by atoms with Crippen molar-refractivity contribution in [2.75, 3.05) is 13.1 Å². The van der Waals surface area contributed by atoms with E-state index in [0.29, 0.717) is 24.1 Å². The Balaban J connectivity index is 1.54. The summed E-state index contributed by atoms with van der Waals surface area (Å²) in [6.07, 6.45) is 5.75. The Hall–Kier alpha value is -3.08. The predicted molar refractivity (Wildman–Crippen MR) is 110 cm³/mol. The van der Waals surface area contributed by atoms with Gasteiger partial charge in [0.15, 0.2) is 0 Å². The van der Waals surface area contributed by atoms with E-state index in [9.17, 15) is 9.18 Å². The fraction of sp³-hybridized carbons (Fsp3) is 0.292. The molecule has 0 N–H and O–H groups in total. The van der Waals surface area contributed by atoms with Crippen molar-refractivity contribution in [1.29, 1.82) is 0 Å². The molecule has 5 heteroatoms. The number of piperidine rings is 1. The summed E-state index contributed by atoms with van der Waals surface area (Å²) >= 11 is 0. The topological polar surface area (TPSA) is 46.1 Å². The number of hydrogen-bond acceptors (Lipinski definition) is 3. The van der Waals surface area contributed by atoms with Crippen molar-refractivity contribution in [1.82, 2.24) is 14.9 Å². The lowest BCUT2D eigenvalue weighted by molar-refractivity contribution is 0.0705. The maximum atomic E-state index is 14.1. The van der Waals surface area contributed by atoms with Crippen LogP contribution < -0.4 is 0 Å². The van der Waals surface area contributed by atoms with E-state index in [1.807, 2.05) is 30.0 Å². The summed E-state index contributed by atoms with van der Waals surface area (Å²) < 4.78 is 14.1. The second kappa shape index (κ2) is 8.52. The van der Waals surface area contributed by atoms with Gasteiger partial charge in [-0.1, -0.05) is 18.2 Å². The first-order chi connectivity index (χ1) is 14.1. The van der Waals surface area contributed by atoms with Gasteiger partial charge >= 0.3 is 0 Å². The number of pyridine rings is 2. The number of halogens is 1. The average molecular weight is 389 g/mol. The number of hydrogen-bond donors (Lipinski definition) is 0. The maximum absolute atomic E-state index is 14.1. The number of carbonyl (C=O) groups is 1. The van der Waals surface area contributed by atoms with E-state index in [1.165, 1.54) is 6.07 Å². The van der Waals surface area contributed by atoms with Crippen LogP contribution in [-0.2, 0) is 6.42 Å². The Morgan fingerprint density at radius 1 is 1.21 bits per heavy atom. The van der Waals surface area contributed by atoms with E-state index >= 15 is 0 Å². The molecule has 1 atom stereocenters. The molecule has 0 aliphatic carbocycles. The molecule has 2 aromatic heterocycles. The molecule has 1 amide bonds. The van der Waals surface area contributed by atoms with Crippen molar-refractivity contribution in [3.63, 3.8) is 0 Å². The van der Waals surface area contributed by atoms with Gasteiger partial charge in [0.1, 0.15) is 5.82 Å². The number of amides is 1. The summed E-state index contributed by atoms with van der Waals surface area (Å²) in [5.41, 5.74) is 4.25. The predicted octanol–water partition coefficient (Wildman–Crippen LogP) is 4.53. The molecule has 29 heavy (non-hydrogen) atoms. The molecular weight excluding hydrogens is 365 g/mol. The first kappa shape index (κ1) is 19.2. The lowest BCUT2D eigenvalue weighted by Gasteiger charge is -2.32. The molecule has 0 saturated carbocycles. The molecule has 4 rings (SSSR count). The molecule has 1 saturated heterocycles. The summed E-state index contributed by atoms with van der Waals surface area (Å²) in [7, 11) is 0. The normalized spacial score (nSPS) is 16.6. The van der Waals surface area contributed by atoms with E-state index in [4.69, 9.17) is 4.98 Å². The highest BCUT2D eigenvalue weighted by Crippen LogP contribution is 2.28. The molecule has 1 aliphatic heterocycles. The molecule has 3 heterocycles. The monoisotopic (exact) mass is 389 g/mol. The smallest absolute Gasteiger partial charge is 0.255 e. The van der Waals surface area contributed by atoms with Crippen LogP contribution in [0.2, 0.25) is 0 Å². The second-order valence-electron chi connectivity index (χ2n) is 7.64. The highest BCUT2D eigenvalue weighted by atomic mass is 19.1. The van der Waals surface area contributed by atoms with Gasteiger partial charge in [-0.3, -0.25) is 14.8 Å². The van der Waals surface area contributed by atoms with Crippen molar-refractivity contribution in [2.24, 2.45) is 0 Å². The van der Waals surface area contributed by atoms with Gasteiger partial charge in [-0.25, -0.2) is 4.39 Å². The van der Waals surface area contributed by atoms with Gasteiger partial charge < -0.3 is 4.90 Å². The van der Waals surface area contributed by atoms with Crippen molar-refractivity contribution in [2.45, 2.75) is 32.1 Å². The van der Waals surface area contributed by atoms with Crippen molar-refractivity contribution in [3.05, 3.63) is 94.8 Å². The van der Waals surface area contributed by atoms with E-state index in [2.05, 4.69) is 11.1 Å². The summed E-state index contributed by atoms with van der Waals surface area (Å²) in [5.74, 6) is 0.0140. The van der Waals surface area contributed by atoms with Gasteiger partial charge in [0.2, 0.25) is 0 Å². The molecule has 1 aromatic carbocycles. The minimum absolute atomic E-state index is 0.0158. The van der Waals surface area contributed by atoms with E-state index in [1.54, 1.807) is 30.6 Å². The molecule has 0 spiro atoms. The van der Waals surface area contributed by atoms with Crippen molar-refractivity contribution < 1.29 is 9.18 Å². The third-order valence-corrected chi connectivity index (χ3v) is 5.42. The molecule has 0 radical (unpaired) electrons. The van der Waals surface area contributed by atoms with E-state index in [-0.39, 0.29) is 17.6 Å². The third-order valence-electron chi connectivity index (χ3n) is 5.42. The van der Waals surface area contributed by atoms with Gasteiger partial charge in [0.05, 0.1) is 5.56 Å². The molecular formula is C24H24FN3O. The number of aryl methyl sites for hydroxylation is 1. The Morgan fingerprint density at radius 3 is 2.86 bits per heavy atom. The number of carbonyl (C=O) groups excluding carboxylic acids is 1. The van der Waals surface area contributed by atoms with E-state index < -0.39 is 0 Å². The van der Waals surface area contributed by atoms with Crippen LogP contribution in [0.5, 0.6) is 0 Å². The highest BCUT2D eigenvalue weighted by Gasteiger charge is 2.26. The molecule has 0 unspecified atom stereocenters.